The van der Waals surface area contributed by atoms with Crippen molar-refractivity contribution in [2.24, 2.45) is 16.8 Å². The lowest BCUT2D eigenvalue weighted by Gasteiger charge is -2.34. The molecular formula is C18H36IN5O. The highest BCUT2D eigenvalue weighted by atomic mass is 127. The van der Waals surface area contributed by atoms with Crippen molar-refractivity contribution in [3.05, 3.63) is 0 Å². The van der Waals surface area contributed by atoms with Crippen LogP contribution in [0.5, 0.6) is 0 Å². The molecule has 1 saturated heterocycles. The number of hydrogen-bond acceptors (Lipinski definition) is 3. The summed E-state index contributed by atoms with van der Waals surface area (Å²) in [5.74, 6) is 2.18. The van der Waals surface area contributed by atoms with Crippen molar-refractivity contribution in [2.75, 3.05) is 39.3 Å². The number of carbonyl (C=O) groups is 1. The molecule has 0 aromatic heterocycles. The second-order valence-electron chi connectivity index (χ2n) is 7.28. The van der Waals surface area contributed by atoms with Crippen molar-refractivity contribution in [1.29, 1.82) is 0 Å². The second-order valence-corrected chi connectivity index (χ2v) is 7.28. The number of likely N-dealkylation sites (tertiary alicyclic amines) is 1. The fourth-order valence-corrected chi connectivity index (χ4v) is 3.01. The molecule has 1 aliphatic heterocycles. The lowest BCUT2D eigenvalue weighted by Crippen LogP contribution is -2.44. The second kappa shape index (κ2) is 11.9. The summed E-state index contributed by atoms with van der Waals surface area (Å²) < 4.78 is 0. The maximum absolute atomic E-state index is 11.6. The summed E-state index contributed by atoms with van der Waals surface area (Å²) in [5.41, 5.74) is 0. The van der Waals surface area contributed by atoms with Gasteiger partial charge < -0.3 is 16.0 Å². The summed E-state index contributed by atoms with van der Waals surface area (Å²) in [6.45, 7) is 12.1. The number of nitrogens with zero attached hydrogens (tertiary/aromatic N) is 2. The Morgan fingerprint density at radius 1 is 1.12 bits per heavy atom. The Labute approximate surface area is 170 Å². The number of aliphatic imine (C=N–C) groups is 1. The van der Waals surface area contributed by atoms with Crippen molar-refractivity contribution < 1.29 is 4.79 Å². The molecule has 0 aromatic carbocycles. The minimum Gasteiger partial charge on any atom is -0.357 e. The molecule has 2 fully saturated rings. The SMILES string of the molecule is CCNC(=NCC(C)N1CCC(C)CC1)NCCNC(=O)C1CC1.I. The molecule has 1 unspecified atom stereocenters. The molecule has 146 valence electrons. The van der Waals surface area contributed by atoms with E-state index in [-0.39, 0.29) is 35.8 Å². The monoisotopic (exact) mass is 465 g/mol. The van der Waals surface area contributed by atoms with Gasteiger partial charge in [-0.25, -0.2) is 0 Å². The summed E-state index contributed by atoms with van der Waals surface area (Å²) in [4.78, 5) is 18.9. The highest BCUT2D eigenvalue weighted by Crippen LogP contribution is 2.28. The van der Waals surface area contributed by atoms with E-state index in [2.05, 4.69) is 41.6 Å². The van der Waals surface area contributed by atoms with Gasteiger partial charge in [-0.1, -0.05) is 6.92 Å². The lowest BCUT2D eigenvalue weighted by atomic mass is 9.98. The Balaban J connectivity index is 0.00000312. The van der Waals surface area contributed by atoms with Crippen LogP contribution in [0.25, 0.3) is 0 Å². The lowest BCUT2D eigenvalue weighted by molar-refractivity contribution is -0.122. The molecule has 6 nitrogen and oxygen atoms in total. The van der Waals surface area contributed by atoms with Gasteiger partial charge in [0.15, 0.2) is 5.96 Å². The van der Waals surface area contributed by atoms with Gasteiger partial charge in [0.2, 0.25) is 5.91 Å². The van der Waals surface area contributed by atoms with Crippen LogP contribution in [-0.2, 0) is 4.79 Å². The predicted octanol–water partition coefficient (Wildman–Crippen LogP) is 1.81. The first kappa shape index (κ1) is 22.5. The van der Waals surface area contributed by atoms with Gasteiger partial charge in [-0.3, -0.25) is 14.7 Å². The molecule has 1 saturated carbocycles. The Morgan fingerprint density at radius 3 is 2.36 bits per heavy atom. The largest absolute Gasteiger partial charge is 0.357 e. The van der Waals surface area contributed by atoms with Crippen molar-refractivity contribution in [2.45, 2.75) is 52.5 Å². The molecule has 7 heteroatoms. The molecule has 0 bridgehead atoms. The zero-order valence-electron chi connectivity index (χ0n) is 16.0. The molecule has 1 aliphatic carbocycles. The Bertz CT molecular complexity index is 420. The summed E-state index contributed by atoms with van der Waals surface area (Å²) in [6, 6.07) is 0.475. The first-order valence-electron chi connectivity index (χ1n) is 9.64. The number of carbonyl (C=O) groups excluding carboxylic acids is 1. The van der Waals surface area contributed by atoms with Crippen molar-refractivity contribution in [1.82, 2.24) is 20.9 Å². The van der Waals surface area contributed by atoms with Crippen molar-refractivity contribution in [3.8, 4) is 0 Å². The minimum absolute atomic E-state index is 0. The fraction of sp³-hybridized carbons (Fsp3) is 0.889. The molecule has 0 spiro atoms. The standard InChI is InChI=1S/C18H35N5O.HI/c1-4-19-18(21-10-9-20-17(24)16-5-6-16)22-13-15(3)23-11-7-14(2)8-12-23;/h14-16H,4-13H2,1-3H3,(H,20,24)(H2,19,21,22);1H. The smallest absolute Gasteiger partial charge is 0.223 e. The maximum Gasteiger partial charge on any atom is 0.223 e. The first-order chi connectivity index (χ1) is 11.6. The number of amides is 1. The van der Waals surface area contributed by atoms with Crippen LogP contribution in [0, 0.1) is 11.8 Å². The van der Waals surface area contributed by atoms with E-state index >= 15 is 0 Å². The number of rotatable bonds is 8. The normalized spacial score (nSPS) is 20.5. The average molecular weight is 465 g/mol. The van der Waals surface area contributed by atoms with E-state index in [1.165, 1.54) is 25.9 Å². The highest BCUT2D eigenvalue weighted by Gasteiger charge is 2.29. The van der Waals surface area contributed by atoms with Gasteiger partial charge in [0.1, 0.15) is 0 Å². The van der Waals surface area contributed by atoms with Gasteiger partial charge in [-0.05, 0) is 58.5 Å². The van der Waals surface area contributed by atoms with Crippen LogP contribution < -0.4 is 16.0 Å². The Morgan fingerprint density at radius 2 is 1.76 bits per heavy atom. The molecule has 0 radical (unpaired) electrons. The third-order valence-corrected chi connectivity index (χ3v) is 4.96. The predicted molar refractivity (Wildman–Crippen MR) is 115 cm³/mol. The van der Waals surface area contributed by atoms with Gasteiger partial charge >= 0.3 is 0 Å². The summed E-state index contributed by atoms with van der Waals surface area (Å²) in [6.07, 6.45) is 4.70. The third kappa shape index (κ3) is 8.57. The summed E-state index contributed by atoms with van der Waals surface area (Å²) in [5, 5.41) is 9.56. The van der Waals surface area contributed by atoms with Crippen molar-refractivity contribution in [3.63, 3.8) is 0 Å². The number of halogens is 1. The topological polar surface area (TPSA) is 68.8 Å². The van der Waals surface area contributed by atoms with Crippen LogP contribution in [0.2, 0.25) is 0 Å². The minimum atomic E-state index is 0. The molecule has 2 aliphatic rings. The Hall–Kier alpha value is -0.570. The van der Waals surface area contributed by atoms with E-state index in [4.69, 9.17) is 4.99 Å². The molecule has 0 aromatic rings. The average Bonchev–Trinajstić information content (AvgIpc) is 3.41. The van der Waals surface area contributed by atoms with Crippen LogP contribution in [0.3, 0.4) is 0 Å². The summed E-state index contributed by atoms with van der Waals surface area (Å²) >= 11 is 0. The van der Waals surface area contributed by atoms with E-state index in [1.807, 2.05) is 0 Å². The molecule has 25 heavy (non-hydrogen) atoms. The van der Waals surface area contributed by atoms with Crippen LogP contribution in [-0.4, -0.2) is 62.1 Å². The van der Waals surface area contributed by atoms with Crippen LogP contribution in [0.1, 0.15) is 46.5 Å². The van der Waals surface area contributed by atoms with Crippen molar-refractivity contribution >= 4 is 35.8 Å². The van der Waals surface area contributed by atoms with Gasteiger partial charge in [0, 0.05) is 31.6 Å². The molecular weight excluding hydrogens is 429 g/mol. The quantitative estimate of drug-likeness (QED) is 0.221. The van der Waals surface area contributed by atoms with E-state index in [1.54, 1.807) is 0 Å². The summed E-state index contributed by atoms with van der Waals surface area (Å²) in [7, 11) is 0. The van der Waals surface area contributed by atoms with Crippen LogP contribution >= 0.6 is 24.0 Å². The van der Waals surface area contributed by atoms with Gasteiger partial charge in [-0.15, -0.1) is 24.0 Å². The van der Waals surface area contributed by atoms with Gasteiger partial charge in [-0.2, -0.15) is 0 Å². The molecule has 2 rings (SSSR count). The van der Waals surface area contributed by atoms with E-state index in [0.717, 1.165) is 37.8 Å². The van der Waals surface area contributed by atoms with E-state index in [0.29, 0.717) is 19.1 Å². The molecule has 1 amide bonds. The maximum atomic E-state index is 11.6. The highest BCUT2D eigenvalue weighted by molar-refractivity contribution is 14.0. The fourth-order valence-electron chi connectivity index (χ4n) is 3.01. The molecule has 1 atom stereocenters. The first-order valence-corrected chi connectivity index (χ1v) is 9.64. The number of guanidine groups is 1. The number of nitrogens with one attached hydrogen (secondary N) is 3. The zero-order valence-corrected chi connectivity index (χ0v) is 18.3. The Kier molecular flexibility index (Phi) is 10.7. The van der Waals surface area contributed by atoms with Crippen LogP contribution in [0.15, 0.2) is 4.99 Å². The number of piperidine rings is 1. The molecule has 1 heterocycles. The van der Waals surface area contributed by atoms with E-state index < -0.39 is 0 Å². The third-order valence-electron chi connectivity index (χ3n) is 4.96. The molecule has 3 N–H and O–H groups in total. The van der Waals surface area contributed by atoms with Gasteiger partial charge in [0.25, 0.3) is 0 Å². The van der Waals surface area contributed by atoms with E-state index in [9.17, 15) is 4.79 Å². The van der Waals surface area contributed by atoms with Crippen LogP contribution in [0.4, 0.5) is 0 Å². The zero-order chi connectivity index (χ0) is 17.4. The number of hydrogen-bond donors (Lipinski definition) is 3. The van der Waals surface area contributed by atoms with Gasteiger partial charge in [0.05, 0.1) is 6.54 Å².